The molecule has 0 radical (unpaired) electrons. The van der Waals surface area contributed by atoms with Crippen molar-refractivity contribution in [1.29, 1.82) is 0 Å². The number of methoxy groups -OCH3 is 1. The second-order valence-electron chi connectivity index (χ2n) is 4.52. The van der Waals surface area contributed by atoms with Crippen LogP contribution in [-0.4, -0.2) is 50.8 Å². The second-order valence-corrected chi connectivity index (χ2v) is 4.52. The Labute approximate surface area is 107 Å². The highest BCUT2D eigenvalue weighted by molar-refractivity contribution is 4.77. The lowest BCUT2D eigenvalue weighted by Gasteiger charge is -2.27. The molecule has 0 saturated carbocycles. The summed E-state index contributed by atoms with van der Waals surface area (Å²) in [6, 6.07) is 0.603. The van der Waals surface area contributed by atoms with Gasteiger partial charge >= 0.3 is 0 Å². The van der Waals surface area contributed by atoms with Crippen LogP contribution in [0.2, 0.25) is 0 Å². The first-order chi connectivity index (χ1) is 8.26. The second kappa shape index (κ2) is 12.1. The van der Waals surface area contributed by atoms with E-state index in [0.717, 1.165) is 32.8 Å². The van der Waals surface area contributed by atoms with E-state index in [2.05, 4.69) is 30.6 Å². The maximum atomic E-state index is 5.14. The monoisotopic (exact) mass is 242 g/mol. The van der Waals surface area contributed by atoms with Gasteiger partial charge in [0.15, 0.2) is 0 Å². The molecule has 3 nitrogen and oxygen atoms in total. The molecular weight excluding hydrogens is 212 g/mol. The molecule has 17 heavy (non-hydrogen) atoms. The van der Waals surface area contributed by atoms with E-state index >= 15 is 0 Å². The fourth-order valence-electron chi connectivity index (χ4n) is 1.87. The van der Waals surface area contributed by atoms with Gasteiger partial charge in [-0.3, -0.25) is 4.90 Å². The zero-order chi connectivity index (χ0) is 12.9. The fraction of sp³-hybridized carbons (Fsp3) is 0.857. The lowest BCUT2D eigenvalue weighted by atomic mass is 10.1. The van der Waals surface area contributed by atoms with Crippen molar-refractivity contribution in [1.82, 2.24) is 10.2 Å². The summed E-state index contributed by atoms with van der Waals surface area (Å²) in [7, 11) is 1.76. The van der Waals surface area contributed by atoms with Crippen molar-refractivity contribution in [2.75, 3.05) is 39.9 Å². The highest BCUT2D eigenvalue weighted by Crippen LogP contribution is 2.06. The molecule has 0 aliphatic rings. The molecule has 0 aromatic carbocycles. The third kappa shape index (κ3) is 9.33. The van der Waals surface area contributed by atoms with Gasteiger partial charge in [0, 0.05) is 26.2 Å². The number of rotatable bonds is 12. The molecule has 1 unspecified atom stereocenters. The minimum absolute atomic E-state index is 0.603. The number of nitrogens with one attached hydrogen (secondary N) is 1. The zero-order valence-corrected chi connectivity index (χ0v) is 11.9. The lowest BCUT2D eigenvalue weighted by Crippen LogP contribution is -2.36. The summed E-state index contributed by atoms with van der Waals surface area (Å²) >= 11 is 0. The Bertz CT molecular complexity index is 174. The van der Waals surface area contributed by atoms with Crippen molar-refractivity contribution < 1.29 is 4.74 Å². The molecule has 102 valence electrons. The Balaban J connectivity index is 3.71. The van der Waals surface area contributed by atoms with Crippen LogP contribution < -0.4 is 5.32 Å². The smallest absolute Gasteiger partial charge is 0.0589 e. The van der Waals surface area contributed by atoms with Crippen molar-refractivity contribution in [2.45, 2.75) is 39.2 Å². The highest BCUT2D eigenvalue weighted by Gasteiger charge is 2.11. The van der Waals surface area contributed by atoms with Gasteiger partial charge in [0.25, 0.3) is 0 Å². The Morgan fingerprint density at radius 2 is 2.18 bits per heavy atom. The van der Waals surface area contributed by atoms with Crippen LogP contribution in [0.1, 0.15) is 33.1 Å². The van der Waals surface area contributed by atoms with E-state index in [1.807, 2.05) is 6.08 Å². The van der Waals surface area contributed by atoms with Crippen LogP contribution in [0.25, 0.3) is 0 Å². The fourth-order valence-corrected chi connectivity index (χ4v) is 1.87. The first-order valence-electron chi connectivity index (χ1n) is 6.80. The molecule has 0 spiro atoms. The summed E-state index contributed by atoms with van der Waals surface area (Å²) in [4.78, 5) is 2.43. The summed E-state index contributed by atoms with van der Waals surface area (Å²) in [5.41, 5.74) is 0. The summed E-state index contributed by atoms with van der Waals surface area (Å²) in [5, 5.41) is 3.44. The van der Waals surface area contributed by atoms with Crippen molar-refractivity contribution >= 4 is 0 Å². The molecule has 0 saturated heterocycles. The van der Waals surface area contributed by atoms with Gasteiger partial charge in [-0.1, -0.05) is 13.0 Å². The van der Waals surface area contributed by atoms with Crippen LogP contribution in [0.15, 0.2) is 12.7 Å². The van der Waals surface area contributed by atoms with Crippen LogP contribution in [0.3, 0.4) is 0 Å². The van der Waals surface area contributed by atoms with Crippen LogP contribution in [0, 0.1) is 0 Å². The summed E-state index contributed by atoms with van der Waals surface area (Å²) in [6.07, 6.45) is 5.66. The molecule has 0 heterocycles. The SMILES string of the molecule is C=CCN(CCOC)C(C)CCCNCCC. The van der Waals surface area contributed by atoms with E-state index in [1.165, 1.54) is 19.3 Å². The van der Waals surface area contributed by atoms with Crippen LogP contribution in [0.5, 0.6) is 0 Å². The number of ether oxygens (including phenoxy) is 1. The topological polar surface area (TPSA) is 24.5 Å². The van der Waals surface area contributed by atoms with E-state index in [-0.39, 0.29) is 0 Å². The maximum absolute atomic E-state index is 5.14. The molecular formula is C14H30N2O. The number of hydrogen-bond acceptors (Lipinski definition) is 3. The first kappa shape index (κ1) is 16.6. The van der Waals surface area contributed by atoms with Gasteiger partial charge in [-0.05, 0) is 39.3 Å². The van der Waals surface area contributed by atoms with Gasteiger partial charge < -0.3 is 10.1 Å². The van der Waals surface area contributed by atoms with E-state index < -0.39 is 0 Å². The predicted octanol–water partition coefficient (Wildman–Crippen LogP) is 2.29. The number of nitrogens with zero attached hydrogens (tertiary/aromatic N) is 1. The third-order valence-electron chi connectivity index (χ3n) is 2.97. The van der Waals surface area contributed by atoms with Crippen LogP contribution >= 0.6 is 0 Å². The molecule has 1 N–H and O–H groups in total. The average molecular weight is 242 g/mol. The van der Waals surface area contributed by atoms with Crippen molar-refractivity contribution in [3.63, 3.8) is 0 Å². The summed E-state index contributed by atoms with van der Waals surface area (Å²) < 4.78 is 5.14. The molecule has 0 aliphatic heterocycles. The molecule has 1 atom stereocenters. The average Bonchev–Trinajstić information content (AvgIpc) is 2.34. The maximum Gasteiger partial charge on any atom is 0.0589 e. The molecule has 0 rings (SSSR count). The Morgan fingerprint density at radius 1 is 1.41 bits per heavy atom. The van der Waals surface area contributed by atoms with Gasteiger partial charge in [0.1, 0.15) is 0 Å². The molecule has 0 fully saturated rings. The van der Waals surface area contributed by atoms with Gasteiger partial charge in [-0.2, -0.15) is 0 Å². The molecule has 0 aromatic heterocycles. The summed E-state index contributed by atoms with van der Waals surface area (Å²) in [5.74, 6) is 0. The predicted molar refractivity (Wildman–Crippen MR) is 75.5 cm³/mol. The molecule has 3 heteroatoms. The van der Waals surface area contributed by atoms with Gasteiger partial charge in [0.05, 0.1) is 6.61 Å². The van der Waals surface area contributed by atoms with Crippen LogP contribution in [-0.2, 0) is 4.74 Å². The van der Waals surface area contributed by atoms with Crippen molar-refractivity contribution in [3.8, 4) is 0 Å². The Morgan fingerprint density at radius 3 is 2.76 bits per heavy atom. The minimum Gasteiger partial charge on any atom is -0.383 e. The third-order valence-corrected chi connectivity index (χ3v) is 2.97. The van der Waals surface area contributed by atoms with E-state index in [0.29, 0.717) is 6.04 Å². The first-order valence-corrected chi connectivity index (χ1v) is 6.80. The van der Waals surface area contributed by atoms with E-state index in [9.17, 15) is 0 Å². The minimum atomic E-state index is 0.603. The highest BCUT2D eigenvalue weighted by atomic mass is 16.5. The molecule has 0 bridgehead atoms. The molecule has 0 aromatic rings. The quantitative estimate of drug-likeness (QED) is 0.420. The lowest BCUT2D eigenvalue weighted by molar-refractivity contribution is 0.129. The van der Waals surface area contributed by atoms with Crippen molar-refractivity contribution in [3.05, 3.63) is 12.7 Å². The normalized spacial score (nSPS) is 12.9. The Kier molecular flexibility index (Phi) is 11.8. The zero-order valence-electron chi connectivity index (χ0n) is 11.9. The van der Waals surface area contributed by atoms with Crippen molar-refractivity contribution in [2.24, 2.45) is 0 Å². The largest absolute Gasteiger partial charge is 0.383 e. The van der Waals surface area contributed by atoms with Gasteiger partial charge in [0.2, 0.25) is 0 Å². The Hall–Kier alpha value is -0.380. The van der Waals surface area contributed by atoms with E-state index in [4.69, 9.17) is 4.74 Å². The van der Waals surface area contributed by atoms with Gasteiger partial charge in [-0.15, -0.1) is 6.58 Å². The van der Waals surface area contributed by atoms with Gasteiger partial charge in [-0.25, -0.2) is 0 Å². The van der Waals surface area contributed by atoms with E-state index in [1.54, 1.807) is 7.11 Å². The molecule has 0 aliphatic carbocycles. The summed E-state index contributed by atoms with van der Waals surface area (Å²) in [6.45, 7) is 13.3. The van der Waals surface area contributed by atoms with Crippen LogP contribution in [0.4, 0.5) is 0 Å². The standard InChI is InChI=1S/C14H30N2O/c1-5-9-15-10-7-8-14(3)16(11-6-2)12-13-17-4/h6,14-15H,2,5,7-13H2,1,3-4H3. The molecule has 0 amide bonds. The number of hydrogen-bond donors (Lipinski definition) is 1.